The monoisotopic (exact) mass is 874 g/mol. The number of nitrogens with two attached hydrogens (primary N) is 1. The van der Waals surface area contributed by atoms with Crippen LogP contribution in [0.1, 0.15) is 41.6 Å². The maximum atomic E-state index is 14.3. The van der Waals surface area contributed by atoms with Gasteiger partial charge in [0.05, 0.1) is 64.3 Å². The van der Waals surface area contributed by atoms with Gasteiger partial charge in [0, 0.05) is 48.1 Å². The van der Waals surface area contributed by atoms with Gasteiger partial charge in [-0.15, -0.1) is 0 Å². The Labute approximate surface area is 359 Å². The van der Waals surface area contributed by atoms with Crippen LogP contribution in [0.15, 0.2) is 73.3 Å². The van der Waals surface area contributed by atoms with Gasteiger partial charge >= 0.3 is 0 Å². The Kier molecular flexibility index (Phi) is 15.1. The van der Waals surface area contributed by atoms with Crippen LogP contribution in [-0.2, 0) is 16.1 Å². The molecule has 15 nitrogen and oxygen atoms in total. The van der Waals surface area contributed by atoms with Gasteiger partial charge in [-0.2, -0.15) is 0 Å². The van der Waals surface area contributed by atoms with Crippen molar-refractivity contribution < 1.29 is 32.6 Å². The van der Waals surface area contributed by atoms with E-state index in [1.807, 2.05) is 6.07 Å². The van der Waals surface area contributed by atoms with Crippen LogP contribution in [0.5, 0.6) is 11.5 Å². The molecule has 2 aromatic heterocycles. The molecule has 7 N–H and O–H groups in total. The summed E-state index contributed by atoms with van der Waals surface area (Å²) in [5.74, 6) is 0.729. The fourth-order valence-corrected chi connectivity index (χ4v) is 6.83. The first kappa shape index (κ1) is 44.3. The van der Waals surface area contributed by atoms with Crippen LogP contribution >= 0.6 is 23.2 Å². The van der Waals surface area contributed by atoms with Crippen molar-refractivity contribution in [2.45, 2.75) is 44.3 Å². The summed E-state index contributed by atoms with van der Waals surface area (Å²) in [6.45, 7) is 1.94. The Balaban J connectivity index is 0.000000177. The van der Waals surface area contributed by atoms with Gasteiger partial charge in [-0.1, -0.05) is 35.3 Å². The van der Waals surface area contributed by atoms with Crippen molar-refractivity contribution >= 4 is 86.1 Å². The molecule has 318 valence electrons. The molecule has 0 aliphatic carbocycles. The van der Waals surface area contributed by atoms with E-state index in [0.717, 1.165) is 37.8 Å². The molecule has 0 spiro atoms. The van der Waals surface area contributed by atoms with Crippen molar-refractivity contribution in [1.82, 2.24) is 35.9 Å². The van der Waals surface area contributed by atoms with Gasteiger partial charge in [0.15, 0.2) is 17.9 Å². The number of piperidine rings is 2. The second kappa shape index (κ2) is 20.8. The first-order valence-corrected chi connectivity index (χ1v) is 19.8. The van der Waals surface area contributed by atoms with Gasteiger partial charge in [-0.3, -0.25) is 14.4 Å². The molecule has 4 heterocycles. The average molecular weight is 876 g/mol. The van der Waals surface area contributed by atoms with Gasteiger partial charge in [0.2, 0.25) is 11.8 Å². The number of aromatic nitrogens is 4. The zero-order chi connectivity index (χ0) is 43.5. The summed E-state index contributed by atoms with van der Waals surface area (Å²) in [5, 5.41) is 16.0. The second-order valence-corrected chi connectivity index (χ2v) is 14.5. The molecule has 19 heteroatoms. The predicted molar refractivity (Wildman–Crippen MR) is 230 cm³/mol. The Morgan fingerprint density at radius 3 is 1.82 bits per heavy atom. The van der Waals surface area contributed by atoms with Crippen molar-refractivity contribution in [2.75, 3.05) is 37.9 Å². The number of nitrogens with one attached hydrogen (secondary N) is 5. The zero-order valence-electron chi connectivity index (χ0n) is 33.0. The number of nitrogens with zero attached hydrogens (tertiary/aromatic N) is 4. The Bertz CT molecular complexity index is 2550. The third-order valence-electron chi connectivity index (χ3n) is 9.71. The number of hydrogen-bond acceptors (Lipinski definition) is 13. The number of amides is 2. The first-order valence-electron chi connectivity index (χ1n) is 19.1. The van der Waals surface area contributed by atoms with Crippen LogP contribution in [0.4, 0.5) is 31.8 Å². The molecule has 2 fully saturated rings. The summed E-state index contributed by atoms with van der Waals surface area (Å²) in [6.07, 6.45) is 6.99. The fraction of sp³-hybridized carbons (Fsp3) is 0.262. The standard InChI is InChI=1S/C21H21ClFN5O2.C16H11ClFN3O2.C5H10N2O/c1-30-18-9-17-13(8-12(18)10-25-16-6-3-7-24-21(16)29)20(27-11-26-17)28-15-5-2-4-14(22)19(15)23;1-23-14-6-13-10(5-9(14)7-22)16(20-8-19-13)21-12-4-2-3-11(17)15(12)18;6-4-2-1-3-7-5(4)8/h2,4-5,8-9,11,16,25H,3,6-7,10H2,1H3,(H,24,29)(H,26,27,28);2-8H,1H3,(H,19,20,21);4H,1-3,6H2,(H,7,8)/t16-;;4-/m1.1/s1. The number of ether oxygens (including phenoxy) is 2. The van der Waals surface area contributed by atoms with E-state index in [-0.39, 0.29) is 45.3 Å². The Morgan fingerprint density at radius 2 is 1.31 bits per heavy atom. The number of hydrogen-bond donors (Lipinski definition) is 6. The van der Waals surface area contributed by atoms with E-state index in [2.05, 4.69) is 46.5 Å². The van der Waals surface area contributed by atoms with E-state index in [1.165, 1.54) is 31.9 Å². The van der Waals surface area contributed by atoms with Crippen molar-refractivity contribution in [1.29, 1.82) is 0 Å². The lowest BCUT2D eigenvalue weighted by Crippen LogP contribution is -2.47. The second-order valence-electron chi connectivity index (χ2n) is 13.7. The van der Waals surface area contributed by atoms with Crippen LogP contribution in [0.3, 0.4) is 0 Å². The van der Waals surface area contributed by atoms with Crippen LogP contribution in [0.25, 0.3) is 21.8 Å². The third-order valence-corrected chi connectivity index (χ3v) is 10.3. The van der Waals surface area contributed by atoms with Crippen LogP contribution in [0.2, 0.25) is 10.0 Å². The lowest BCUT2D eigenvalue weighted by atomic mass is 10.1. The van der Waals surface area contributed by atoms with Crippen molar-refractivity contribution in [3.05, 3.63) is 106 Å². The zero-order valence-corrected chi connectivity index (χ0v) is 34.5. The molecule has 2 aliphatic rings. The number of carbonyl (C=O) groups excluding carboxylic acids is 3. The van der Waals surface area contributed by atoms with Crippen LogP contribution in [-0.4, -0.2) is 77.4 Å². The number of benzene rings is 4. The first-order chi connectivity index (χ1) is 29.5. The van der Waals surface area contributed by atoms with Gasteiger partial charge < -0.3 is 41.8 Å². The molecule has 61 heavy (non-hydrogen) atoms. The van der Waals surface area contributed by atoms with Crippen molar-refractivity contribution in [3.63, 3.8) is 0 Å². The highest BCUT2D eigenvalue weighted by molar-refractivity contribution is 6.31. The van der Waals surface area contributed by atoms with E-state index in [1.54, 1.807) is 49.6 Å². The highest BCUT2D eigenvalue weighted by Crippen LogP contribution is 2.33. The fourth-order valence-electron chi connectivity index (χ4n) is 6.48. The maximum Gasteiger partial charge on any atom is 0.237 e. The summed E-state index contributed by atoms with van der Waals surface area (Å²) < 4.78 is 39.0. The van der Waals surface area contributed by atoms with E-state index >= 15 is 0 Å². The molecule has 2 amide bonds. The highest BCUT2D eigenvalue weighted by Gasteiger charge is 2.22. The van der Waals surface area contributed by atoms with Gasteiger partial charge in [-0.05, 0) is 62.1 Å². The van der Waals surface area contributed by atoms with Crippen LogP contribution < -0.4 is 41.8 Å². The van der Waals surface area contributed by atoms with Crippen molar-refractivity contribution in [2.24, 2.45) is 5.73 Å². The van der Waals surface area contributed by atoms with E-state index in [0.29, 0.717) is 69.9 Å². The summed E-state index contributed by atoms with van der Waals surface area (Å²) >= 11 is 11.7. The van der Waals surface area contributed by atoms with Gasteiger partial charge in [0.25, 0.3) is 0 Å². The van der Waals surface area contributed by atoms with Crippen LogP contribution in [0, 0.1) is 11.6 Å². The van der Waals surface area contributed by atoms with Gasteiger partial charge in [-0.25, -0.2) is 28.7 Å². The highest BCUT2D eigenvalue weighted by atomic mass is 35.5. The summed E-state index contributed by atoms with van der Waals surface area (Å²) in [6, 6.07) is 15.7. The molecular weight excluding hydrogens is 833 g/mol. The Morgan fingerprint density at radius 1 is 0.770 bits per heavy atom. The molecule has 6 aromatic rings. The molecule has 2 aliphatic heterocycles. The molecule has 0 radical (unpaired) electrons. The van der Waals surface area contributed by atoms with E-state index < -0.39 is 11.6 Å². The normalized spacial score (nSPS) is 15.9. The minimum Gasteiger partial charge on any atom is -0.496 e. The summed E-state index contributed by atoms with van der Waals surface area (Å²) in [5.41, 5.74) is 8.17. The largest absolute Gasteiger partial charge is 0.496 e. The van der Waals surface area contributed by atoms with Gasteiger partial charge in [0.1, 0.15) is 35.8 Å². The number of methoxy groups -OCH3 is 2. The molecule has 2 saturated heterocycles. The van der Waals surface area contributed by atoms with E-state index in [9.17, 15) is 23.2 Å². The summed E-state index contributed by atoms with van der Waals surface area (Å²) in [4.78, 5) is 50.6. The molecule has 0 unspecified atom stereocenters. The Hall–Kier alpha value is -6.27. The lowest BCUT2D eigenvalue weighted by molar-refractivity contribution is -0.125. The van der Waals surface area contributed by atoms with E-state index in [4.69, 9.17) is 38.4 Å². The van der Waals surface area contributed by atoms with Crippen molar-refractivity contribution in [3.8, 4) is 11.5 Å². The molecule has 0 bridgehead atoms. The SMILES string of the molecule is COc1cc2ncnc(Nc3cccc(Cl)c3F)c2cc1C=O.COc1cc2ncnc(Nc3cccc(Cl)c3F)c2cc1CN[C@@H]1CCCNC1=O.N[C@@H]1CCCNC1=O. The topological polar surface area (TPSA) is 207 Å². The number of aldehydes is 1. The molecular formula is C42H42Cl2F2N10O5. The molecule has 8 rings (SSSR count). The predicted octanol–water partition coefficient (Wildman–Crippen LogP) is 6.75. The molecule has 0 saturated carbocycles. The number of anilines is 4. The number of carbonyl (C=O) groups is 3. The third kappa shape index (κ3) is 10.9. The maximum absolute atomic E-state index is 14.3. The molecule has 2 atom stereocenters. The lowest BCUT2D eigenvalue weighted by Gasteiger charge is -2.23. The quantitative estimate of drug-likeness (QED) is 0.0789. The number of rotatable bonds is 10. The summed E-state index contributed by atoms with van der Waals surface area (Å²) in [7, 11) is 3.05. The minimum absolute atomic E-state index is 0.00289. The number of fused-ring (bicyclic) bond motifs is 2. The minimum atomic E-state index is -0.579. The molecule has 4 aromatic carbocycles. The smallest absolute Gasteiger partial charge is 0.237 e. The average Bonchev–Trinajstić information content (AvgIpc) is 3.27. The number of halogens is 4.